The van der Waals surface area contributed by atoms with Crippen molar-refractivity contribution in [1.29, 1.82) is 0 Å². The summed E-state index contributed by atoms with van der Waals surface area (Å²) in [5, 5.41) is 6.17. The van der Waals surface area contributed by atoms with E-state index in [-0.39, 0.29) is 23.1 Å². The van der Waals surface area contributed by atoms with Crippen LogP contribution in [0.15, 0.2) is 41.7 Å². The number of amides is 1. The second-order valence-electron chi connectivity index (χ2n) is 7.13. The van der Waals surface area contributed by atoms with Gasteiger partial charge in [0.15, 0.2) is 0 Å². The van der Waals surface area contributed by atoms with Crippen LogP contribution in [0.3, 0.4) is 0 Å². The Balaban J connectivity index is 1.45. The number of hydrogen-bond donors (Lipinski definition) is 2. The van der Waals surface area contributed by atoms with Crippen molar-refractivity contribution in [1.82, 2.24) is 29.6 Å². The molecule has 0 spiro atoms. The highest BCUT2D eigenvalue weighted by Gasteiger charge is 2.21. The van der Waals surface area contributed by atoms with Gasteiger partial charge in [-0.25, -0.2) is 9.97 Å². The number of nitrogens with zero attached hydrogens (tertiary/aromatic N) is 4. The molecule has 3 aromatic heterocycles. The second kappa shape index (κ2) is 7.93. The summed E-state index contributed by atoms with van der Waals surface area (Å²) in [5.41, 5.74) is 1.57. The summed E-state index contributed by atoms with van der Waals surface area (Å²) >= 11 is 0. The van der Waals surface area contributed by atoms with Gasteiger partial charge in [-0.2, -0.15) is 0 Å². The number of nitrogens with one attached hydrogen (secondary N) is 2. The van der Waals surface area contributed by atoms with Gasteiger partial charge in [0.05, 0.1) is 5.69 Å². The molecule has 2 N–H and O–H groups in total. The quantitative estimate of drug-likeness (QED) is 0.691. The van der Waals surface area contributed by atoms with Gasteiger partial charge in [-0.3, -0.25) is 14.0 Å². The molecular weight excluding hydrogens is 356 g/mol. The van der Waals surface area contributed by atoms with Gasteiger partial charge in [-0.05, 0) is 50.6 Å². The summed E-state index contributed by atoms with van der Waals surface area (Å²) in [4.78, 5) is 34.3. The Kier molecular flexibility index (Phi) is 5.21. The molecule has 1 amide bonds. The van der Waals surface area contributed by atoms with Crippen LogP contribution < -0.4 is 16.2 Å². The molecule has 0 unspecified atom stereocenters. The first-order valence-electron chi connectivity index (χ1n) is 9.63. The number of aryl methyl sites for hydroxylation is 1. The number of aromatic nitrogens is 4. The van der Waals surface area contributed by atoms with E-state index in [1.165, 1.54) is 0 Å². The van der Waals surface area contributed by atoms with Crippen molar-refractivity contribution < 1.29 is 4.79 Å². The molecule has 0 atom stereocenters. The molecule has 8 nitrogen and oxygen atoms in total. The van der Waals surface area contributed by atoms with E-state index >= 15 is 0 Å². The van der Waals surface area contributed by atoms with E-state index in [9.17, 15) is 9.59 Å². The fourth-order valence-electron chi connectivity index (χ4n) is 3.68. The number of rotatable bonds is 5. The van der Waals surface area contributed by atoms with E-state index in [0.29, 0.717) is 24.3 Å². The smallest absolute Gasteiger partial charge is 0.263 e. The largest absolute Gasteiger partial charge is 0.351 e. The predicted octanol–water partition coefficient (Wildman–Crippen LogP) is 1.10. The molecule has 0 saturated carbocycles. The van der Waals surface area contributed by atoms with Crippen LogP contribution in [-0.4, -0.2) is 44.5 Å². The van der Waals surface area contributed by atoms with Gasteiger partial charge in [0, 0.05) is 43.8 Å². The fourth-order valence-corrected chi connectivity index (χ4v) is 3.68. The van der Waals surface area contributed by atoms with Crippen LogP contribution in [0, 0.1) is 6.92 Å². The Morgan fingerprint density at radius 2 is 2.14 bits per heavy atom. The highest BCUT2D eigenvalue weighted by atomic mass is 16.2. The Morgan fingerprint density at radius 3 is 2.93 bits per heavy atom. The topological polar surface area (TPSA) is 93.3 Å². The van der Waals surface area contributed by atoms with Crippen molar-refractivity contribution in [3.63, 3.8) is 0 Å². The molecule has 1 saturated heterocycles. The molecule has 0 aliphatic carbocycles. The summed E-state index contributed by atoms with van der Waals surface area (Å²) < 4.78 is 3.56. The molecule has 8 heteroatoms. The molecule has 1 aliphatic rings. The lowest BCUT2D eigenvalue weighted by molar-refractivity contribution is 0.0951. The van der Waals surface area contributed by atoms with E-state index in [4.69, 9.17) is 0 Å². The second-order valence-corrected chi connectivity index (χ2v) is 7.13. The van der Waals surface area contributed by atoms with Crippen LogP contribution in [-0.2, 0) is 6.42 Å². The Labute approximate surface area is 162 Å². The van der Waals surface area contributed by atoms with E-state index in [1.54, 1.807) is 17.7 Å². The van der Waals surface area contributed by atoms with Gasteiger partial charge >= 0.3 is 0 Å². The molecule has 1 fully saturated rings. The minimum Gasteiger partial charge on any atom is -0.351 e. The maximum atomic E-state index is 12.9. The van der Waals surface area contributed by atoms with Crippen LogP contribution in [0.5, 0.6) is 0 Å². The molecule has 0 radical (unpaired) electrons. The molecular formula is C20H24N6O2. The average Bonchev–Trinajstić information content (AvgIpc) is 3.11. The third kappa shape index (κ3) is 3.68. The summed E-state index contributed by atoms with van der Waals surface area (Å²) in [6, 6.07) is 3.84. The number of hydrogen-bond acceptors (Lipinski definition) is 5. The normalized spacial score (nSPS) is 15.0. The summed E-state index contributed by atoms with van der Waals surface area (Å²) in [7, 11) is 0. The molecule has 4 rings (SSSR count). The first-order valence-corrected chi connectivity index (χ1v) is 9.63. The number of carbonyl (C=O) groups is 1. The lowest BCUT2D eigenvalue weighted by Gasteiger charge is -2.25. The molecule has 146 valence electrons. The van der Waals surface area contributed by atoms with Crippen molar-refractivity contribution in [2.75, 3.05) is 19.6 Å². The predicted molar refractivity (Wildman–Crippen MR) is 106 cm³/mol. The minimum atomic E-state index is -0.326. The van der Waals surface area contributed by atoms with Crippen LogP contribution >= 0.6 is 0 Å². The van der Waals surface area contributed by atoms with Crippen LogP contribution in [0.1, 0.15) is 40.5 Å². The number of carbonyl (C=O) groups excluding carboxylic acids is 1. The number of imidazole rings is 1. The minimum absolute atomic E-state index is 0.145. The van der Waals surface area contributed by atoms with E-state index in [1.807, 2.05) is 35.1 Å². The number of pyridine rings is 1. The Morgan fingerprint density at radius 1 is 1.32 bits per heavy atom. The van der Waals surface area contributed by atoms with Gasteiger partial charge in [-0.15, -0.1) is 0 Å². The van der Waals surface area contributed by atoms with Crippen molar-refractivity contribution in [2.45, 2.75) is 32.2 Å². The first-order chi connectivity index (χ1) is 13.6. The molecule has 3 aromatic rings. The van der Waals surface area contributed by atoms with Gasteiger partial charge in [0.1, 0.15) is 5.56 Å². The third-order valence-electron chi connectivity index (χ3n) is 5.21. The van der Waals surface area contributed by atoms with E-state index in [0.717, 1.165) is 31.6 Å². The van der Waals surface area contributed by atoms with E-state index in [2.05, 4.69) is 20.6 Å². The summed E-state index contributed by atoms with van der Waals surface area (Å²) in [5.74, 6) is 0.306. The first kappa shape index (κ1) is 18.4. The Bertz CT molecular complexity index is 1020. The SMILES string of the molecule is Cc1ccn(C2CCNCC2)c(=O)c1C(=O)NCCc1cn2cccnc2n1. The summed E-state index contributed by atoms with van der Waals surface area (Å²) in [6.45, 7) is 3.99. The molecule has 1 aliphatic heterocycles. The van der Waals surface area contributed by atoms with E-state index < -0.39 is 0 Å². The van der Waals surface area contributed by atoms with Crippen molar-refractivity contribution in [3.05, 3.63) is 64.1 Å². The lowest BCUT2D eigenvalue weighted by atomic mass is 10.0. The number of piperidine rings is 1. The molecule has 28 heavy (non-hydrogen) atoms. The maximum Gasteiger partial charge on any atom is 0.263 e. The standard InChI is InChI=1S/C20H24N6O2/c1-14-6-12-26(16-4-8-21-9-5-16)19(28)17(14)18(27)22-10-3-15-13-25-11-2-7-23-20(25)24-15/h2,6-7,11-13,16,21H,3-5,8-10H2,1H3,(H,22,27). The highest BCUT2D eigenvalue weighted by molar-refractivity contribution is 5.95. The lowest BCUT2D eigenvalue weighted by Crippen LogP contribution is -2.38. The van der Waals surface area contributed by atoms with Crippen LogP contribution in [0.25, 0.3) is 5.78 Å². The molecule has 0 bridgehead atoms. The number of fused-ring (bicyclic) bond motifs is 1. The maximum absolute atomic E-state index is 12.9. The summed E-state index contributed by atoms with van der Waals surface area (Å²) in [6.07, 6.45) is 9.65. The molecule has 0 aromatic carbocycles. The van der Waals surface area contributed by atoms with Gasteiger partial charge < -0.3 is 15.2 Å². The average molecular weight is 380 g/mol. The van der Waals surface area contributed by atoms with Gasteiger partial charge in [0.25, 0.3) is 11.5 Å². The monoisotopic (exact) mass is 380 g/mol. The van der Waals surface area contributed by atoms with Crippen LogP contribution in [0.4, 0.5) is 0 Å². The molecule has 4 heterocycles. The third-order valence-corrected chi connectivity index (χ3v) is 5.21. The van der Waals surface area contributed by atoms with Crippen molar-refractivity contribution >= 4 is 11.7 Å². The van der Waals surface area contributed by atoms with Crippen LogP contribution in [0.2, 0.25) is 0 Å². The fraction of sp³-hybridized carbons (Fsp3) is 0.400. The van der Waals surface area contributed by atoms with Gasteiger partial charge in [0.2, 0.25) is 5.78 Å². The Hall–Kier alpha value is -3.00. The van der Waals surface area contributed by atoms with Gasteiger partial charge in [-0.1, -0.05) is 0 Å². The highest BCUT2D eigenvalue weighted by Crippen LogP contribution is 2.17. The zero-order chi connectivity index (χ0) is 19.5. The van der Waals surface area contributed by atoms with Crippen molar-refractivity contribution in [3.8, 4) is 0 Å². The zero-order valence-electron chi connectivity index (χ0n) is 15.9. The zero-order valence-corrected chi connectivity index (χ0v) is 15.9. The van der Waals surface area contributed by atoms with Crippen molar-refractivity contribution in [2.24, 2.45) is 0 Å².